The second kappa shape index (κ2) is 11.3. The Hall–Kier alpha value is -1.14. The van der Waals surface area contributed by atoms with Gasteiger partial charge in [-0.15, -0.1) is 0 Å². The van der Waals surface area contributed by atoms with Crippen LogP contribution in [0.1, 0.15) is 26.2 Å². The lowest BCUT2D eigenvalue weighted by Crippen LogP contribution is -2.16. The highest BCUT2D eigenvalue weighted by Gasteiger charge is 2.01. The SMILES string of the molecule is CCCC(=O)OCCOCCOC(=O)CCN. The smallest absolute Gasteiger partial charge is 0.307 e. The van der Waals surface area contributed by atoms with Crippen molar-refractivity contribution in [1.82, 2.24) is 0 Å². The van der Waals surface area contributed by atoms with Gasteiger partial charge in [0, 0.05) is 13.0 Å². The minimum atomic E-state index is -0.328. The number of carbonyl (C=O) groups is 2. The van der Waals surface area contributed by atoms with Gasteiger partial charge in [0.1, 0.15) is 13.2 Å². The second-order valence-corrected chi connectivity index (χ2v) is 3.34. The highest BCUT2D eigenvalue weighted by Crippen LogP contribution is 1.91. The molecule has 0 rings (SSSR count). The number of rotatable bonds is 10. The Labute approximate surface area is 101 Å². The Morgan fingerprint density at radius 2 is 1.47 bits per heavy atom. The summed E-state index contributed by atoms with van der Waals surface area (Å²) in [5, 5.41) is 0. The highest BCUT2D eigenvalue weighted by atomic mass is 16.6. The summed E-state index contributed by atoms with van der Waals surface area (Å²) < 4.78 is 14.8. The molecule has 100 valence electrons. The van der Waals surface area contributed by atoms with E-state index in [2.05, 4.69) is 0 Å². The lowest BCUT2D eigenvalue weighted by atomic mass is 10.3. The van der Waals surface area contributed by atoms with Crippen LogP contribution >= 0.6 is 0 Å². The molecule has 0 saturated heterocycles. The molecular formula is C11H21NO5. The van der Waals surface area contributed by atoms with Crippen molar-refractivity contribution in [1.29, 1.82) is 0 Å². The molecule has 0 heterocycles. The first-order valence-electron chi connectivity index (χ1n) is 5.79. The number of carbonyl (C=O) groups excluding carboxylic acids is 2. The second-order valence-electron chi connectivity index (χ2n) is 3.34. The molecule has 0 spiro atoms. The van der Waals surface area contributed by atoms with Crippen molar-refractivity contribution in [3.05, 3.63) is 0 Å². The molecule has 2 N–H and O–H groups in total. The molecule has 17 heavy (non-hydrogen) atoms. The highest BCUT2D eigenvalue weighted by molar-refractivity contribution is 5.69. The van der Waals surface area contributed by atoms with Gasteiger partial charge in [0.25, 0.3) is 0 Å². The van der Waals surface area contributed by atoms with Crippen LogP contribution in [-0.2, 0) is 23.8 Å². The van der Waals surface area contributed by atoms with Crippen molar-refractivity contribution in [2.45, 2.75) is 26.2 Å². The molecule has 0 aromatic rings. The lowest BCUT2D eigenvalue weighted by molar-refractivity contribution is -0.146. The van der Waals surface area contributed by atoms with Crippen molar-refractivity contribution in [2.75, 3.05) is 33.0 Å². The van der Waals surface area contributed by atoms with Gasteiger partial charge in [-0.3, -0.25) is 9.59 Å². The van der Waals surface area contributed by atoms with Crippen LogP contribution in [0.2, 0.25) is 0 Å². The minimum Gasteiger partial charge on any atom is -0.463 e. The van der Waals surface area contributed by atoms with E-state index in [0.717, 1.165) is 6.42 Å². The predicted octanol–water partition coefficient (Wildman–Crippen LogP) is 0.238. The first-order chi connectivity index (χ1) is 8.20. The topological polar surface area (TPSA) is 87.9 Å². The molecule has 0 fully saturated rings. The molecule has 0 aliphatic carbocycles. The molecule has 6 heteroatoms. The van der Waals surface area contributed by atoms with E-state index in [1.165, 1.54) is 0 Å². The van der Waals surface area contributed by atoms with Gasteiger partial charge < -0.3 is 19.9 Å². The monoisotopic (exact) mass is 247 g/mol. The van der Waals surface area contributed by atoms with E-state index >= 15 is 0 Å². The summed E-state index contributed by atoms with van der Waals surface area (Å²) in [6.07, 6.45) is 1.42. The maximum absolute atomic E-state index is 10.9. The number of nitrogens with two attached hydrogens (primary N) is 1. The van der Waals surface area contributed by atoms with Crippen LogP contribution in [0.4, 0.5) is 0 Å². The van der Waals surface area contributed by atoms with Crippen LogP contribution in [0.5, 0.6) is 0 Å². The van der Waals surface area contributed by atoms with E-state index in [1.807, 2.05) is 6.92 Å². The van der Waals surface area contributed by atoms with Gasteiger partial charge in [-0.2, -0.15) is 0 Å². The summed E-state index contributed by atoms with van der Waals surface area (Å²) in [7, 11) is 0. The summed E-state index contributed by atoms with van der Waals surface area (Å²) in [4.78, 5) is 21.8. The number of hydrogen-bond acceptors (Lipinski definition) is 6. The van der Waals surface area contributed by atoms with E-state index in [1.54, 1.807) is 0 Å². The third-order valence-corrected chi connectivity index (χ3v) is 1.78. The normalized spacial score (nSPS) is 10.0. The van der Waals surface area contributed by atoms with Crippen LogP contribution in [-0.4, -0.2) is 44.9 Å². The molecule has 0 aliphatic rings. The molecule has 0 amide bonds. The van der Waals surface area contributed by atoms with Crippen LogP contribution in [0, 0.1) is 0 Å². The molecule has 0 atom stereocenters. The van der Waals surface area contributed by atoms with Gasteiger partial charge in [-0.05, 0) is 6.42 Å². The molecule has 0 saturated carbocycles. The van der Waals surface area contributed by atoms with Gasteiger partial charge >= 0.3 is 11.9 Å². The standard InChI is InChI=1S/C11H21NO5/c1-2-3-10(13)16-8-6-15-7-9-17-11(14)4-5-12/h2-9,12H2,1H3. The molecule has 0 aromatic heterocycles. The largest absolute Gasteiger partial charge is 0.463 e. The van der Waals surface area contributed by atoms with Gasteiger partial charge in [-0.25, -0.2) is 0 Å². The lowest BCUT2D eigenvalue weighted by Gasteiger charge is -2.06. The number of hydrogen-bond donors (Lipinski definition) is 1. The van der Waals surface area contributed by atoms with Crippen LogP contribution in [0.3, 0.4) is 0 Å². The van der Waals surface area contributed by atoms with Crippen LogP contribution in [0.15, 0.2) is 0 Å². The van der Waals surface area contributed by atoms with Gasteiger partial charge in [-0.1, -0.05) is 6.92 Å². The third-order valence-electron chi connectivity index (χ3n) is 1.78. The zero-order chi connectivity index (χ0) is 12.9. The fourth-order valence-electron chi connectivity index (χ4n) is 0.997. The Balaban J connectivity index is 3.18. The Morgan fingerprint density at radius 1 is 0.941 bits per heavy atom. The predicted molar refractivity (Wildman–Crippen MR) is 61.3 cm³/mol. The Bertz CT molecular complexity index is 198. The zero-order valence-electron chi connectivity index (χ0n) is 10.3. The average Bonchev–Trinajstić information content (AvgIpc) is 2.28. The van der Waals surface area contributed by atoms with Gasteiger partial charge in [0.15, 0.2) is 0 Å². The summed E-state index contributed by atoms with van der Waals surface area (Å²) in [5.74, 6) is -0.545. The molecule has 0 bridgehead atoms. The molecule has 0 radical (unpaired) electrons. The van der Waals surface area contributed by atoms with E-state index in [-0.39, 0.29) is 38.1 Å². The maximum Gasteiger partial charge on any atom is 0.307 e. The van der Waals surface area contributed by atoms with Crippen molar-refractivity contribution in [3.8, 4) is 0 Å². The van der Waals surface area contributed by atoms with E-state index in [4.69, 9.17) is 19.9 Å². The summed E-state index contributed by atoms with van der Waals surface area (Å²) in [6, 6.07) is 0. The van der Waals surface area contributed by atoms with E-state index in [0.29, 0.717) is 19.6 Å². The number of esters is 2. The fraction of sp³-hybridized carbons (Fsp3) is 0.818. The third kappa shape index (κ3) is 11.1. The first kappa shape index (κ1) is 15.9. The Morgan fingerprint density at radius 3 is 1.94 bits per heavy atom. The molecule has 0 aromatic carbocycles. The fourth-order valence-corrected chi connectivity index (χ4v) is 0.997. The van der Waals surface area contributed by atoms with Gasteiger partial charge in [0.05, 0.1) is 19.6 Å². The van der Waals surface area contributed by atoms with Crippen molar-refractivity contribution in [2.24, 2.45) is 5.73 Å². The number of ether oxygens (including phenoxy) is 3. The molecule has 0 aliphatic heterocycles. The van der Waals surface area contributed by atoms with Crippen LogP contribution < -0.4 is 5.73 Å². The maximum atomic E-state index is 10.9. The van der Waals surface area contributed by atoms with Crippen molar-refractivity contribution >= 4 is 11.9 Å². The molecular weight excluding hydrogens is 226 g/mol. The van der Waals surface area contributed by atoms with E-state index in [9.17, 15) is 9.59 Å². The first-order valence-corrected chi connectivity index (χ1v) is 5.79. The van der Waals surface area contributed by atoms with Crippen molar-refractivity contribution < 1.29 is 23.8 Å². The minimum absolute atomic E-state index is 0.196. The Kier molecular flexibility index (Phi) is 10.6. The average molecular weight is 247 g/mol. The molecule has 0 unspecified atom stereocenters. The summed E-state index contributed by atoms with van der Waals surface area (Å²) >= 11 is 0. The molecule has 6 nitrogen and oxygen atoms in total. The summed E-state index contributed by atoms with van der Waals surface area (Å²) in [6.45, 7) is 3.23. The zero-order valence-corrected chi connectivity index (χ0v) is 10.3. The van der Waals surface area contributed by atoms with Crippen molar-refractivity contribution in [3.63, 3.8) is 0 Å². The van der Waals surface area contributed by atoms with E-state index < -0.39 is 0 Å². The van der Waals surface area contributed by atoms with Crippen LogP contribution in [0.25, 0.3) is 0 Å². The van der Waals surface area contributed by atoms with Gasteiger partial charge in [0.2, 0.25) is 0 Å². The summed E-state index contributed by atoms with van der Waals surface area (Å²) in [5.41, 5.74) is 5.17. The quantitative estimate of drug-likeness (QED) is 0.439.